The van der Waals surface area contributed by atoms with Crippen molar-refractivity contribution in [1.29, 1.82) is 0 Å². The maximum atomic E-state index is 10.4. The number of hydrogen-bond acceptors (Lipinski definition) is 2. The Morgan fingerprint density at radius 3 is 2.67 bits per heavy atom. The molecule has 0 aliphatic carbocycles. The van der Waals surface area contributed by atoms with Gasteiger partial charge in [0, 0.05) is 10.5 Å². The summed E-state index contributed by atoms with van der Waals surface area (Å²) < 4.78 is 0.720. The van der Waals surface area contributed by atoms with Gasteiger partial charge in [-0.15, -0.1) is 12.4 Å². The van der Waals surface area contributed by atoms with E-state index >= 15 is 0 Å². The van der Waals surface area contributed by atoms with E-state index < -0.39 is 12.0 Å². The lowest BCUT2D eigenvalue weighted by molar-refractivity contribution is -0.137. The number of benzene rings is 1. The summed E-state index contributed by atoms with van der Waals surface area (Å²) in [5.74, 6) is -0.913. The van der Waals surface area contributed by atoms with Gasteiger partial charge in [0.1, 0.15) is 0 Å². The summed E-state index contributed by atoms with van der Waals surface area (Å²) in [6, 6.07) is 4.64. The van der Waals surface area contributed by atoms with Gasteiger partial charge in [-0.25, -0.2) is 0 Å². The topological polar surface area (TPSA) is 63.3 Å². The third-order valence-electron chi connectivity index (χ3n) is 1.77. The minimum absolute atomic E-state index is 0. The molecule has 1 atom stereocenters. The zero-order valence-corrected chi connectivity index (χ0v) is 10.8. The molecule has 0 amide bonds. The predicted octanol–water partition coefficient (Wildman–Crippen LogP) is 3.00. The number of carbonyl (C=O) groups is 1. The first-order valence-electron chi connectivity index (χ1n) is 3.93. The average molecular weight is 315 g/mol. The highest BCUT2D eigenvalue weighted by Crippen LogP contribution is 2.26. The van der Waals surface area contributed by atoms with Crippen molar-refractivity contribution in [3.05, 3.63) is 33.3 Å². The van der Waals surface area contributed by atoms with Crippen LogP contribution in [0.5, 0.6) is 0 Å². The number of halogens is 3. The third kappa shape index (κ3) is 4.38. The summed E-state index contributed by atoms with van der Waals surface area (Å²) in [6.45, 7) is 0. The quantitative estimate of drug-likeness (QED) is 0.901. The Balaban J connectivity index is 0.00000196. The summed E-state index contributed by atoms with van der Waals surface area (Å²) in [6.07, 6.45) is -0.0892. The Morgan fingerprint density at radius 1 is 1.60 bits per heavy atom. The summed E-state index contributed by atoms with van der Waals surface area (Å²) in [5, 5.41) is 9.13. The van der Waals surface area contributed by atoms with E-state index in [-0.39, 0.29) is 18.8 Å². The standard InChI is InChI=1S/C9H9BrClNO2.ClH/c10-6-3-5(1-2-7(6)11)8(12)4-9(13)14;/h1-3,8H,4,12H2,(H,13,14);1H/t8-;/m1./s1. The van der Waals surface area contributed by atoms with Gasteiger partial charge < -0.3 is 10.8 Å². The number of nitrogens with two attached hydrogens (primary N) is 1. The van der Waals surface area contributed by atoms with Gasteiger partial charge in [0.2, 0.25) is 0 Å². The van der Waals surface area contributed by atoms with Crippen LogP contribution in [0.1, 0.15) is 18.0 Å². The van der Waals surface area contributed by atoms with Gasteiger partial charge in [-0.1, -0.05) is 17.7 Å². The molecule has 0 spiro atoms. The van der Waals surface area contributed by atoms with E-state index in [9.17, 15) is 4.79 Å². The van der Waals surface area contributed by atoms with Crippen molar-refractivity contribution in [3.63, 3.8) is 0 Å². The molecule has 0 radical (unpaired) electrons. The first-order valence-corrected chi connectivity index (χ1v) is 5.10. The number of carboxylic acid groups (broad SMARTS) is 1. The second-order valence-electron chi connectivity index (χ2n) is 2.88. The fourth-order valence-corrected chi connectivity index (χ4v) is 1.56. The molecule has 84 valence electrons. The molecule has 0 aliphatic rings. The predicted molar refractivity (Wildman–Crippen MR) is 65.6 cm³/mol. The van der Waals surface area contributed by atoms with Gasteiger partial charge >= 0.3 is 5.97 Å². The van der Waals surface area contributed by atoms with E-state index in [0.717, 1.165) is 10.0 Å². The summed E-state index contributed by atoms with van der Waals surface area (Å²) in [7, 11) is 0. The molecule has 0 aromatic heterocycles. The zero-order valence-electron chi connectivity index (χ0n) is 7.61. The minimum Gasteiger partial charge on any atom is -0.481 e. The maximum Gasteiger partial charge on any atom is 0.305 e. The summed E-state index contributed by atoms with van der Waals surface area (Å²) >= 11 is 9.03. The molecular formula is C9H10BrCl2NO2. The van der Waals surface area contributed by atoms with Crippen molar-refractivity contribution in [3.8, 4) is 0 Å². The van der Waals surface area contributed by atoms with Crippen molar-refractivity contribution in [2.24, 2.45) is 5.73 Å². The van der Waals surface area contributed by atoms with E-state index in [4.69, 9.17) is 22.4 Å². The Hall–Kier alpha value is -0.290. The number of rotatable bonds is 3. The van der Waals surface area contributed by atoms with Crippen LogP contribution in [-0.2, 0) is 4.79 Å². The van der Waals surface area contributed by atoms with Gasteiger partial charge in [-0.05, 0) is 33.6 Å². The highest BCUT2D eigenvalue weighted by atomic mass is 79.9. The maximum absolute atomic E-state index is 10.4. The largest absolute Gasteiger partial charge is 0.481 e. The molecule has 0 heterocycles. The second-order valence-corrected chi connectivity index (χ2v) is 4.14. The first kappa shape index (κ1) is 14.7. The smallest absolute Gasteiger partial charge is 0.305 e. The van der Waals surface area contributed by atoms with Gasteiger partial charge in [0.25, 0.3) is 0 Å². The highest BCUT2D eigenvalue weighted by Gasteiger charge is 2.11. The normalized spacial score (nSPS) is 11.7. The van der Waals surface area contributed by atoms with E-state index in [1.54, 1.807) is 18.2 Å². The molecular weight excluding hydrogens is 305 g/mol. The van der Waals surface area contributed by atoms with Crippen molar-refractivity contribution >= 4 is 45.9 Å². The molecule has 0 bridgehead atoms. The van der Waals surface area contributed by atoms with Crippen molar-refractivity contribution in [2.45, 2.75) is 12.5 Å². The fourth-order valence-electron chi connectivity index (χ4n) is 1.05. The van der Waals surface area contributed by atoms with Crippen molar-refractivity contribution in [2.75, 3.05) is 0 Å². The lowest BCUT2D eigenvalue weighted by Gasteiger charge is -2.09. The molecule has 0 aliphatic heterocycles. The number of carboxylic acids is 1. The fraction of sp³-hybridized carbons (Fsp3) is 0.222. The zero-order chi connectivity index (χ0) is 10.7. The average Bonchev–Trinajstić information content (AvgIpc) is 2.08. The molecule has 1 aromatic rings. The molecule has 1 rings (SSSR count). The minimum atomic E-state index is -0.913. The number of aliphatic carboxylic acids is 1. The first-order chi connectivity index (χ1) is 6.50. The SMILES string of the molecule is Cl.N[C@H](CC(=O)O)c1ccc(Cl)c(Br)c1. The van der Waals surface area contributed by atoms with Gasteiger partial charge in [0.15, 0.2) is 0 Å². The monoisotopic (exact) mass is 313 g/mol. The van der Waals surface area contributed by atoms with Crippen LogP contribution < -0.4 is 5.73 Å². The van der Waals surface area contributed by atoms with Gasteiger partial charge in [0.05, 0.1) is 11.4 Å². The van der Waals surface area contributed by atoms with E-state index in [1.807, 2.05) is 0 Å². The molecule has 3 N–H and O–H groups in total. The Morgan fingerprint density at radius 2 is 2.20 bits per heavy atom. The second kappa shape index (κ2) is 6.33. The van der Waals surface area contributed by atoms with Crippen LogP contribution in [0.2, 0.25) is 5.02 Å². The van der Waals surface area contributed by atoms with Crippen molar-refractivity contribution in [1.82, 2.24) is 0 Å². The van der Waals surface area contributed by atoms with Crippen LogP contribution in [0.4, 0.5) is 0 Å². The van der Waals surface area contributed by atoms with Gasteiger partial charge in [-0.3, -0.25) is 4.79 Å². The highest BCUT2D eigenvalue weighted by molar-refractivity contribution is 9.10. The van der Waals surface area contributed by atoms with E-state index in [1.165, 1.54) is 0 Å². The van der Waals surface area contributed by atoms with Crippen LogP contribution in [0.15, 0.2) is 22.7 Å². The summed E-state index contributed by atoms with van der Waals surface area (Å²) in [5.41, 5.74) is 6.42. The van der Waals surface area contributed by atoms with Crippen LogP contribution in [0.25, 0.3) is 0 Å². The number of hydrogen-bond donors (Lipinski definition) is 2. The Labute approximate surface area is 107 Å². The van der Waals surface area contributed by atoms with E-state index in [2.05, 4.69) is 15.9 Å². The third-order valence-corrected chi connectivity index (χ3v) is 2.98. The Kier molecular flexibility index (Phi) is 6.20. The van der Waals surface area contributed by atoms with Gasteiger partial charge in [-0.2, -0.15) is 0 Å². The molecule has 15 heavy (non-hydrogen) atoms. The van der Waals surface area contributed by atoms with Crippen LogP contribution >= 0.6 is 39.9 Å². The van der Waals surface area contributed by atoms with E-state index in [0.29, 0.717) is 5.02 Å². The van der Waals surface area contributed by atoms with Crippen LogP contribution in [-0.4, -0.2) is 11.1 Å². The lowest BCUT2D eigenvalue weighted by Crippen LogP contribution is -2.14. The van der Waals surface area contributed by atoms with Crippen molar-refractivity contribution < 1.29 is 9.90 Å². The summed E-state index contributed by atoms with van der Waals surface area (Å²) in [4.78, 5) is 10.4. The molecule has 0 fully saturated rings. The molecule has 3 nitrogen and oxygen atoms in total. The molecule has 1 aromatic carbocycles. The molecule has 0 saturated carbocycles. The lowest BCUT2D eigenvalue weighted by atomic mass is 10.1. The Bertz CT molecular complexity index is 360. The molecule has 0 unspecified atom stereocenters. The molecule has 6 heteroatoms. The molecule has 0 saturated heterocycles. The van der Waals surface area contributed by atoms with Crippen LogP contribution in [0.3, 0.4) is 0 Å². The van der Waals surface area contributed by atoms with Crippen LogP contribution in [0, 0.1) is 0 Å².